The maximum Gasteiger partial charge on any atom is 0.163 e. The maximum atomic E-state index is 11.6. The van der Waals surface area contributed by atoms with Crippen LogP contribution in [0, 0.1) is 0 Å². The van der Waals surface area contributed by atoms with Crippen LogP contribution in [0.3, 0.4) is 0 Å². The van der Waals surface area contributed by atoms with Crippen molar-refractivity contribution in [2.45, 2.75) is 39.2 Å². The Morgan fingerprint density at radius 1 is 1.27 bits per heavy atom. The molecule has 0 fully saturated rings. The van der Waals surface area contributed by atoms with Crippen LogP contribution in [0.25, 0.3) is 0 Å². The maximum absolute atomic E-state index is 11.6. The Hall–Kier alpha value is -1.31. The minimum absolute atomic E-state index is 0.183. The molecule has 0 spiro atoms. The second-order valence-electron chi connectivity index (χ2n) is 4.26. The number of hydrogen-bond donors (Lipinski definition) is 0. The highest BCUT2D eigenvalue weighted by Crippen LogP contribution is 2.25. The van der Waals surface area contributed by atoms with Crippen molar-refractivity contribution in [1.29, 1.82) is 0 Å². The summed E-state index contributed by atoms with van der Waals surface area (Å²) in [6.07, 6.45) is 2.84. The van der Waals surface area contributed by atoms with E-state index in [2.05, 4.69) is 0 Å². The second-order valence-corrected chi connectivity index (χ2v) is 4.26. The number of carbonyl (C=O) groups excluding carboxylic acids is 1. The molecule has 15 heavy (non-hydrogen) atoms. The van der Waals surface area contributed by atoms with Crippen LogP contribution in [-0.2, 0) is 6.42 Å². The normalized spacial score (nSPS) is 15.3. The predicted molar refractivity (Wildman–Crippen MR) is 59.5 cm³/mol. The van der Waals surface area contributed by atoms with Gasteiger partial charge in [-0.25, -0.2) is 0 Å². The smallest absolute Gasteiger partial charge is 0.163 e. The third kappa shape index (κ3) is 2.20. The van der Waals surface area contributed by atoms with Crippen molar-refractivity contribution in [2.24, 2.45) is 0 Å². The zero-order chi connectivity index (χ0) is 10.8. The highest BCUT2D eigenvalue weighted by molar-refractivity contribution is 5.98. The summed E-state index contributed by atoms with van der Waals surface area (Å²) in [5.41, 5.74) is 2.03. The minimum Gasteiger partial charge on any atom is -0.491 e. The summed E-state index contributed by atoms with van der Waals surface area (Å²) < 4.78 is 5.60. The molecule has 0 unspecified atom stereocenters. The Bertz CT molecular complexity index is 380. The first-order valence-corrected chi connectivity index (χ1v) is 5.49. The average molecular weight is 204 g/mol. The lowest BCUT2D eigenvalue weighted by Gasteiger charge is -2.17. The summed E-state index contributed by atoms with van der Waals surface area (Å²) in [6, 6.07) is 5.79. The van der Waals surface area contributed by atoms with E-state index in [1.54, 1.807) is 0 Å². The molecule has 2 rings (SSSR count). The molecule has 1 aliphatic rings. The second kappa shape index (κ2) is 4.05. The van der Waals surface area contributed by atoms with Gasteiger partial charge in [-0.3, -0.25) is 4.79 Å². The monoisotopic (exact) mass is 204 g/mol. The first-order chi connectivity index (χ1) is 7.16. The SMILES string of the molecule is CC(C)Oc1ccc2c(c1)CCCC2=O. The number of hydrogen-bond acceptors (Lipinski definition) is 2. The standard InChI is InChI=1S/C13H16O2/c1-9(2)15-11-6-7-12-10(8-11)4-3-5-13(12)14/h6-9H,3-5H2,1-2H3. The van der Waals surface area contributed by atoms with Crippen LogP contribution in [0.2, 0.25) is 0 Å². The number of carbonyl (C=O) groups is 1. The van der Waals surface area contributed by atoms with Gasteiger partial charge < -0.3 is 4.74 Å². The topological polar surface area (TPSA) is 26.3 Å². The van der Waals surface area contributed by atoms with Gasteiger partial charge in [-0.05, 0) is 50.5 Å². The van der Waals surface area contributed by atoms with Crippen molar-refractivity contribution < 1.29 is 9.53 Å². The molecular weight excluding hydrogens is 188 g/mol. The van der Waals surface area contributed by atoms with Gasteiger partial charge in [0.15, 0.2) is 5.78 Å². The van der Waals surface area contributed by atoms with E-state index in [0.29, 0.717) is 6.42 Å². The molecule has 0 heterocycles. The Kier molecular flexibility index (Phi) is 2.76. The van der Waals surface area contributed by atoms with Crippen LogP contribution in [0.1, 0.15) is 42.6 Å². The van der Waals surface area contributed by atoms with E-state index in [4.69, 9.17) is 4.74 Å². The summed E-state index contributed by atoms with van der Waals surface area (Å²) in [5.74, 6) is 1.14. The van der Waals surface area contributed by atoms with Crippen molar-refractivity contribution in [1.82, 2.24) is 0 Å². The Labute approximate surface area is 90.3 Å². The fraction of sp³-hybridized carbons (Fsp3) is 0.462. The lowest BCUT2D eigenvalue weighted by Crippen LogP contribution is -2.12. The molecule has 0 N–H and O–H groups in total. The molecule has 0 aromatic heterocycles. The Morgan fingerprint density at radius 2 is 2.07 bits per heavy atom. The molecule has 0 bridgehead atoms. The molecule has 0 atom stereocenters. The van der Waals surface area contributed by atoms with Crippen LogP contribution in [0.15, 0.2) is 18.2 Å². The molecule has 0 saturated carbocycles. The molecule has 1 aromatic carbocycles. The number of fused-ring (bicyclic) bond motifs is 1. The summed E-state index contributed by atoms with van der Waals surface area (Å²) >= 11 is 0. The summed E-state index contributed by atoms with van der Waals surface area (Å²) in [5, 5.41) is 0. The summed E-state index contributed by atoms with van der Waals surface area (Å²) in [7, 11) is 0. The Balaban J connectivity index is 2.29. The highest BCUT2D eigenvalue weighted by atomic mass is 16.5. The van der Waals surface area contributed by atoms with Crippen LogP contribution in [0.5, 0.6) is 5.75 Å². The minimum atomic E-state index is 0.183. The van der Waals surface area contributed by atoms with Gasteiger partial charge in [0.2, 0.25) is 0 Å². The van der Waals surface area contributed by atoms with Gasteiger partial charge in [-0.1, -0.05) is 0 Å². The van der Waals surface area contributed by atoms with Gasteiger partial charge in [0, 0.05) is 12.0 Å². The van der Waals surface area contributed by atoms with Crippen molar-refractivity contribution in [3.8, 4) is 5.75 Å². The number of ether oxygens (including phenoxy) is 1. The van der Waals surface area contributed by atoms with Crippen LogP contribution >= 0.6 is 0 Å². The van der Waals surface area contributed by atoms with Crippen molar-refractivity contribution in [2.75, 3.05) is 0 Å². The fourth-order valence-electron chi connectivity index (χ4n) is 1.97. The van der Waals surface area contributed by atoms with E-state index < -0.39 is 0 Å². The third-order valence-electron chi connectivity index (χ3n) is 2.60. The molecule has 0 aliphatic heterocycles. The molecule has 2 heteroatoms. The van der Waals surface area contributed by atoms with Gasteiger partial charge in [0.1, 0.15) is 5.75 Å². The van der Waals surface area contributed by atoms with E-state index in [9.17, 15) is 4.79 Å². The number of benzene rings is 1. The largest absolute Gasteiger partial charge is 0.491 e. The molecule has 0 radical (unpaired) electrons. The molecule has 1 aliphatic carbocycles. The van der Waals surface area contributed by atoms with Gasteiger partial charge in [0.05, 0.1) is 6.10 Å². The summed E-state index contributed by atoms with van der Waals surface area (Å²) in [4.78, 5) is 11.6. The van der Waals surface area contributed by atoms with Gasteiger partial charge in [-0.2, -0.15) is 0 Å². The van der Waals surface area contributed by atoms with E-state index in [1.807, 2.05) is 32.0 Å². The van der Waals surface area contributed by atoms with Crippen LogP contribution in [0.4, 0.5) is 0 Å². The Morgan fingerprint density at radius 3 is 2.80 bits per heavy atom. The van der Waals surface area contributed by atoms with E-state index in [1.165, 1.54) is 0 Å². The zero-order valence-electron chi connectivity index (χ0n) is 9.25. The quantitative estimate of drug-likeness (QED) is 0.740. The zero-order valence-corrected chi connectivity index (χ0v) is 9.25. The predicted octanol–water partition coefficient (Wildman–Crippen LogP) is 2.99. The van der Waals surface area contributed by atoms with Crippen LogP contribution < -0.4 is 4.74 Å². The number of rotatable bonds is 2. The third-order valence-corrected chi connectivity index (χ3v) is 2.60. The summed E-state index contributed by atoms with van der Waals surface area (Å²) in [6.45, 7) is 4.01. The van der Waals surface area contributed by atoms with Crippen molar-refractivity contribution >= 4 is 5.78 Å². The molecule has 0 saturated heterocycles. The van der Waals surface area contributed by atoms with E-state index in [0.717, 1.165) is 29.7 Å². The van der Waals surface area contributed by atoms with Crippen molar-refractivity contribution in [3.05, 3.63) is 29.3 Å². The number of ketones is 1. The molecular formula is C13H16O2. The van der Waals surface area contributed by atoms with Crippen LogP contribution in [-0.4, -0.2) is 11.9 Å². The molecule has 1 aromatic rings. The molecule has 2 nitrogen and oxygen atoms in total. The first-order valence-electron chi connectivity index (χ1n) is 5.49. The lowest BCUT2D eigenvalue weighted by molar-refractivity contribution is 0.0972. The van der Waals surface area contributed by atoms with E-state index >= 15 is 0 Å². The first kappa shape index (κ1) is 10.2. The fourth-order valence-corrected chi connectivity index (χ4v) is 1.97. The van der Waals surface area contributed by atoms with Gasteiger partial charge in [0.25, 0.3) is 0 Å². The number of aryl methyl sites for hydroxylation is 1. The number of Topliss-reactive ketones (excluding diaryl/α,β-unsaturated/α-hetero) is 1. The lowest BCUT2D eigenvalue weighted by atomic mass is 9.90. The molecule has 80 valence electrons. The molecule has 0 amide bonds. The average Bonchev–Trinajstić information content (AvgIpc) is 2.17. The van der Waals surface area contributed by atoms with Crippen molar-refractivity contribution in [3.63, 3.8) is 0 Å². The van der Waals surface area contributed by atoms with E-state index in [-0.39, 0.29) is 11.9 Å². The highest BCUT2D eigenvalue weighted by Gasteiger charge is 2.17. The van der Waals surface area contributed by atoms with Gasteiger partial charge in [-0.15, -0.1) is 0 Å². The van der Waals surface area contributed by atoms with Gasteiger partial charge >= 0.3 is 0 Å².